The molecule has 1 fully saturated rings. The van der Waals surface area contributed by atoms with Crippen LogP contribution in [0.2, 0.25) is 0 Å². The van der Waals surface area contributed by atoms with Gasteiger partial charge in [-0.2, -0.15) is 13.2 Å². The molecule has 126 valence electrons. The zero-order valence-electron chi connectivity index (χ0n) is 12.3. The number of piperidine rings is 1. The Morgan fingerprint density at radius 2 is 2.04 bits per heavy atom. The summed E-state index contributed by atoms with van der Waals surface area (Å²) in [5.41, 5.74) is -0.969. The lowest BCUT2D eigenvalue weighted by Crippen LogP contribution is -2.39. The van der Waals surface area contributed by atoms with Gasteiger partial charge in [0, 0.05) is 12.5 Å². The van der Waals surface area contributed by atoms with Crippen LogP contribution < -0.4 is 5.32 Å². The summed E-state index contributed by atoms with van der Waals surface area (Å²) in [6.07, 6.45) is -4.26. The number of halogens is 3. The van der Waals surface area contributed by atoms with Gasteiger partial charge in [0.2, 0.25) is 0 Å². The molecule has 0 spiro atoms. The number of nitrogens with one attached hydrogen (secondary N) is 1. The van der Waals surface area contributed by atoms with E-state index in [1.54, 1.807) is 0 Å². The van der Waals surface area contributed by atoms with Crippen molar-refractivity contribution < 1.29 is 32.6 Å². The van der Waals surface area contributed by atoms with Crippen LogP contribution in [0.25, 0.3) is 0 Å². The molecule has 0 radical (unpaired) electrons. The zero-order chi connectivity index (χ0) is 17.2. The summed E-state index contributed by atoms with van der Waals surface area (Å²) in [4.78, 5) is 23.3. The maximum Gasteiger partial charge on any atom is 0.416 e. The highest BCUT2D eigenvalue weighted by Crippen LogP contribution is 2.36. The first-order valence-corrected chi connectivity index (χ1v) is 6.98. The number of carboxylic acids is 1. The minimum absolute atomic E-state index is 0.248. The summed E-state index contributed by atoms with van der Waals surface area (Å²) >= 11 is 0. The van der Waals surface area contributed by atoms with Crippen LogP contribution in [-0.2, 0) is 15.7 Å². The Labute approximate surface area is 130 Å². The molecule has 0 aromatic heterocycles. The van der Waals surface area contributed by atoms with E-state index in [1.807, 2.05) is 0 Å². The third-order valence-corrected chi connectivity index (χ3v) is 3.98. The molecule has 1 aromatic rings. The molecule has 1 saturated heterocycles. The average Bonchev–Trinajstić information content (AvgIpc) is 2.52. The lowest BCUT2D eigenvalue weighted by molar-refractivity contribution is -0.143. The monoisotopic (exact) mass is 331 g/mol. The predicted molar refractivity (Wildman–Crippen MR) is 74.1 cm³/mol. The topological polar surface area (TPSA) is 75.6 Å². The normalized spacial score (nSPS) is 21.7. The van der Waals surface area contributed by atoms with Gasteiger partial charge in [-0.3, -0.25) is 4.79 Å². The van der Waals surface area contributed by atoms with Crippen molar-refractivity contribution in [2.45, 2.75) is 18.5 Å². The van der Waals surface area contributed by atoms with Gasteiger partial charge in [-0.05, 0) is 30.7 Å². The lowest BCUT2D eigenvalue weighted by Gasteiger charge is -2.30. The molecule has 2 atom stereocenters. The third kappa shape index (κ3) is 3.64. The highest BCUT2D eigenvalue weighted by Gasteiger charge is 2.37. The Morgan fingerprint density at radius 1 is 1.35 bits per heavy atom. The zero-order valence-corrected chi connectivity index (χ0v) is 12.3. The first kappa shape index (κ1) is 17.3. The van der Waals surface area contributed by atoms with E-state index in [0.717, 1.165) is 13.2 Å². The second kappa shape index (κ2) is 6.57. The number of carbonyl (C=O) groups is 2. The Bertz CT molecular complexity index is 615. The van der Waals surface area contributed by atoms with E-state index in [-0.39, 0.29) is 17.7 Å². The van der Waals surface area contributed by atoms with Crippen molar-refractivity contribution in [3.8, 4) is 0 Å². The number of esters is 1. The average molecular weight is 331 g/mol. The number of methoxy groups -OCH3 is 1. The highest BCUT2D eigenvalue weighted by atomic mass is 19.4. The molecule has 1 heterocycles. The van der Waals surface area contributed by atoms with Gasteiger partial charge >= 0.3 is 18.1 Å². The van der Waals surface area contributed by atoms with Gasteiger partial charge in [0.05, 0.1) is 24.2 Å². The van der Waals surface area contributed by atoms with Gasteiger partial charge in [-0.15, -0.1) is 0 Å². The quantitative estimate of drug-likeness (QED) is 0.831. The smallest absolute Gasteiger partial charge is 0.416 e. The molecule has 5 nitrogen and oxygen atoms in total. The predicted octanol–water partition coefficient (Wildman–Crippen LogP) is 2.27. The molecular formula is C15H16F3NO4. The first-order chi connectivity index (χ1) is 10.8. The van der Waals surface area contributed by atoms with Crippen LogP contribution in [-0.4, -0.2) is 37.2 Å². The minimum Gasteiger partial charge on any atom is -0.481 e. The Hall–Kier alpha value is -2.09. The van der Waals surface area contributed by atoms with Gasteiger partial charge < -0.3 is 15.2 Å². The van der Waals surface area contributed by atoms with Crippen LogP contribution in [0.3, 0.4) is 0 Å². The van der Waals surface area contributed by atoms with Crippen LogP contribution in [0.4, 0.5) is 13.2 Å². The van der Waals surface area contributed by atoms with E-state index >= 15 is 0 Å². The molecule has 0 saturated carbocycles. The van der Waals surface area contributed by atoms with E-state index in [9.17, 15) is 27.9 Å². The summed E-state index contributed by atoms with van der Waals surface area (Å²) in [6.45, 7) is 0.772. The fourth-order valence-corrected chi connectivity index (χ4v) is 2.82. The van der Waals surface area contributed by atoms with Crippen molar-refractivity contribution in [3.05, 3.63) is 34.9 Å². The molecule has 1 aromatic carbocycles. The van der Waals surface area contributed by atoms with Crippen LogP contribution in [0.5, 0.6) is 0 Å². The Kier molecular flexibility index (Phi) is 4.93. The number of hydrogen-bond donors (Lipinski definition) is 2. The standard InChI is InChI=1S/C15H16F3NO4/c1-23-14(22)11-6-8(15(16,17)18)2-3-9(11)12-7-19-5-4-10(12)13(20)21/h2-3,6,10,12,19H,4-5,7H2,1H3,(H,20,21). The molecule has 1 aliphatic heterocycles. The number of aliphatic carboxylic acids is 1. The number of carbonyl (C=O) groups excluding carboxylic acids is 1. The Balaban J connectivity index is 2.52. The number of carboxylic acid groups (broad SMARTS) is 1. The van der Waals surface area contributed by atoms with Crippen LogP contribution in [0, 0.1) is 5.92 Å². The van der Waals surface area contributed by atoms with Gasteiger partial charge in [-0.25, -0.2) is 4.79 Å². The van der Waals surface area contributed by atoms with Crippen molar-refractivity contribution in [3.63, 3.8) is 0 Å². The maximum absolute atomic E-state index is 12.9. The molecule has 2 N–H and O–H groups in total. The van der Waals surface area contributed by atoms with Crippen molar-refractivity contribution >= 4 is 11.9 Å². The molecule has 0 bridgehead atoms. The van der Waals surface area contributed by atoms with Crippen molar-refractivity contribution in [1.82, 2.24) is 5.32 Å². The van der Waals surface area contributed by atoms with Crippen molar-refractivity contribution in [2.75, 3.05) is 20.2 Å². The second-order valence-electron chi connectivity index (χ2n) is 5.34. The van der Waals surface area contributed by atoms with Gasteiger partial charge in [0.15, 0.2) is 0 Å². The van der Waals surface area contributed by atoms with Gasteiger partial charge in [-0.1, -0.05) is 6.07 Å². The summed E-state index contributed by atoms with van der Waals surface area (Å²) in [5, 5.41) is 12.3. The van der Waals surface area contributed by atoms with Crippen molar-refractivity contribution in [2.24, 2.45) is 5.92 Å². The van der Waals surface area contributed by atoms with Crippen LogP contribution in [0.1, 0.15) is 33.8 Å². The SMILES string of the molecule is COC(=O)c1cc(C(F)(F)F)ccc1C1CNCCC1C(=O)O. The minimum atomic E-state index is -4.60. The molecule has 0 aliphatic carbocycles. The highest BCUT2D eigenvalue weighted by molar-refractivity contribution is 5.92. The summed E-state index contributed by atoms with van der Waals surface area (Å²) in [7, 11) is 1.07. The fourth-order valence-electron chi connectivity index (χ4n) is 2.82. The maximum atomic E-state index is 12.9. The van der Waals surface area contributed by atoms with Crippen LogP contribution >= 0.6 is 0 Å². The number of rotatable bonds is 3. The van der Waals surface area contributed by atoms with E-state index < -0.39 is 35.5 Å². The summed E-state index contributed by atoms with van der Waals surface area (Å²) in [5.74, 6) is -3.32. The Morgan fingerprint density at radius 3 is 2.61 bits per heavy atom. The largest absolute Gasteiger partial charge is 0.481 e. The number of alkyl halides is 3. The molecule has 2 rings (SSSR count). The third-order valence-electron chi connectivity index (χ3n) is 3.98. The fraction of sp³-hybridized carbons (Fsp3) is 0.467. The van der Waals surface area contributed by atoms with Crippen molar-refractivity contribution in [1.29, 1.82) is 0 Å². The summed E-state index contributed by atoms with van der Waals surface area (Å²) in [6, 6.07) is 2.74. The van der Waals surface area contributed by atoms with E-state index in [4.69, 9.17) is 0 Å². The number of hydrogen-bond acceptors (Lipinski definition) is 4. The number of ether oxygens (including phenoxy) is 1. The van der Waals surface area contributed by atoms with Gasteiger partial charge in [0.25, 0.3) is 0 Å². The number of benzene rings is 1. The molecular weight excluding hydrogens is 315 g/mol. The second-order valence-corrected chi connectivity index (χ2v) is 5.34. The summed E-state index contributed by atoms with van der Waals surface area (Å²) < 4.78 is 43.1. The first-order valence-electron chi connectivity index (χ1n) is 6.98. The van der Waals surface area contributed by atoms with E-state index in [2.05, 4.69) is 10.1 Å². The van der Waals surface area contributed by atoms with Crippen LogP contribution in [0.15, 0.2) is 18.2 Å². The molecule has 1 aliphatic rings. The molecule has 0 amide bonds. The van der Waals surface area contributed by atoms with E-state index in [1.165, 1.54) is 6.07 Å². The van der Waals surface area contributed by atoms with Gasteiger partial charge in [0.1, 0.15) is 0 Å². The molecule has 2 unspecified atom stereocenters. The lowest BCUT2D eigenvalue weighted by atomic mass is 9.79. The molecule has 23 heavy (non-hydrogen) atoms. The van der Waals surface area contributed by atoms with E-state index in [0.29, 0.717) is 19.0 Å². The molecule has 8 heteroatoms.